The Morgan fingerprint density at radius 2 is 1.71 bits per heavy atom. The molecule has 6 heteroatoms. The van der Waals surface area contributed by atoms with E-state index < -0.39 is 0 Å². The van der Waals surface area contributed by atoms with Crippen molar-refractivity contribution in [3.05, 3.63) is 10.3 Å². The molecule has 0 saturated carbocycles. The summed E-state index contributed by atoms with van der Waals surface area (Å²) in [6.45, 7) is 3.99. The van der Waals surface area contributed by atoms with Gasteiger partial charge in [-0.2, -0.15) is 9.97 Å². The maximum Gasteiger partial charge on any atom is 0.225 e. The van der Waals surface area contributed by atoms with E-state index in [0.29, 0.717) is 21.2 Å². The number of anilines is 1. The van der Waals surface area contributed by atoms with Gasteiger partial charge in [-0.05, 0) is 20.1 Å². The average molecular weight is 252 g/mol. The van der Waals surface area contributed by atoms with Crippen molar-refractivity contribution in [3.8, 4) is 0 Å². The van der Waals surface area contributed by atoms with Crippen LogP contribution in [-0.2, 0) is 0 Å². The van der Waals surface area contributed by atoms with Crippen molar-refractivity contribution in [2.24, 2.45) is 0 Å². The fourth-order valence-electron chi connectivity index (χ4n) is 0.889. The van der Waals surface area contributed by atoms with Crippen LogP contribution in [0.15, 0.2) is 4.90 Å². The van der Waals surface area contributed by atoms with Gasteiger partial charge >= 0.3 is 0 Å². The summed E-state index contributed by atoms with van der Waals surface area (Å²) in [6, 6.07) is 0.252. The van der Waals surface area contributed by atoms with E-state index >= 15 is 0 Å². The molecule has 0 atom stereocenters. The van der Waals surface area contributed by atoms with Gasteiger partial charge in [-0.3, -0.25) is 0 Å². The number of nitrogens with one attached hydrogen (secondary N) is 1. The molecule has 1 aromatic heterocycles. The Kier molecular flexibility index (Phi) is 4.29. The number of aromatic nitrogens is 2. The molecular formula is C8H11Cl2N3S. The predicted octanol–water partition coefficient (Wildman–Crippen LogP) is 3.33. The Balaban J connectivity index is 3.01. The van der Waals surface area contributed by atoms with Gasteiger partial charge in [0.25, 0.3) is 0 Å². The summed E-state index contributed by atoms with van der Waals surface area (Å²) in [4.78, 5) is 8.88. The first-order valence-electron chi connectivity index (χ1n) is 4.08. The topological polar surface area (TPSA) is 37.8 Å². The molecule has 1 rings (SSSR count). The zero-order valence-electron chi connectivity index (χ0n) is 8.14. The highest BCUT2D eigenvalue weighted by Gasteiger charge is 2.10. The number of halogens is 2. The van der Waals surface area contributed by atoms with Gasteiger partial charge in [-0.15, -0.1) is 11.8 Å². The molecule has 0 aliphatic rings. The lowest BCUT2D eigenvalue weighted by molar-refractivity contribution is 0.870. The number of hydrogen-bond acceptors (Lipinski definition) is 4. The third-order valence-corrected chi connectivity index (χ3v) is 2.97. The largest absolute Gasteiger partial charge is 0.352 e. The first kappa shape index (κ1) is 11.9. The van der Waals surface area contributed by atoms with Crippen molar-refractivity contribution >= 4 is 40.9 Å². The highest BCUT2D eigenvalue weighted by atomic mass is 35.5. The van der Waals surface area contributed by atoms with Crippen molar-refractivity contribution in [2.45, 2.75) is 24.8 Å². The minimum atomic E-state index is 0.252. The van der Waals surface area contributed by atoms with Gasteiger partial charge < -0.3 is 5.32 Å². The molecule has 1 N–H and O–H groups in total. The summed E-state index contributed by atoms with van der Waals surface area (Å²) in [5.41, 5.74) is 0. The van der Waals surface area contributed by atoms with Crippen LogP contribution in [-0.4, -0.2) is 22.3 Å². The van der Waals surface area contributed by atoms with Gasteiger partial charge in [-0.1, -0.05) is 23.2 Å². The SMILES string of the molecule is CSc1c(Cl)nc(NC(C)C)nc1Cl. The highest BCUT2D eigenvalue weighted by Crippen LogP contribution is 2.30. The fourth-order valence-corrected chi connectivity index (χ4v) is 2.17. The molecule has 0 bridgehead atoms. The van der Waals surface area contributed by atoms with Gasteiger partial charge in [0, 0.05) is 6.04 Å². The van der Waals surface area contributed by atoms with Gasteiger partial charge in [0.2, 0.25) is 5.95 Å². The van der Waals surface area contributed by atoms with Crippen LogP contribution in [0.5, 0.6) is 0 Å². The van der Waals surface area contributed by atoms with Crippen LogP contribution in [0.2, 0.25) is 10.3 Å². The van der Waals surface area contributed by atoms with Gasteiger partial charge in [-0.25, -0.2) is 0 Å². The molecule has 0 fully saturated rings. The molecule has 0 aliphatic heterocycles. The smallest absolute Gasteiger partial charge is 0.225 e. The fraction of sp³-hybridized carbons (Fsp3) is 0.500. The van der Waals surface area contributed by atoms with E-state index in [-0.39, 0.29) is 6.04 Å². The van der Waals surface area contributed by atoms with Crippen LogP contribution in [0.4, 0.5) is 5.95 Å². The number of rotatable bonds is 3. The summed E-state index contributed by atoms with van der Waals surface area (Å²) in [6.07, 6.45) is 1.88. The summed E-state index contributed by atoms with van der Waals surface area (Å²) in [5.74, 6) is 0.466. The summed E-state index contributed by atoms with van der Waals surface area (Å²) in [5, 5.41) is 3.82. The lowest BCUT2D eigenvalue weighted by Crippen LogP contribution is -2.12. The number of hydrogen-bond donors (Lipinski definition) is 1. The third kappa shape index (κ3) is 2.90. The van der Waals surface area contributed by atoms with Crippen molar-refractivity contribution in [1.29, 1.82) is 0 Å². The zero-order chi connectivity index (χ0) is 10.7. The monoisotopic (exact) mass is 251 g/mol. The summed E-state index contributed by atoms with van der Waals surface area (Å²) in [7, 11) is 0. The van der Waals surface area contributed by atoms with Crippen LogP contribution >= 0.6 is 35.0 Å². The van der Waals surface area contributed by atoms with Crippen molar-refractivity contribution in [1.82, 2.24) is 9.97 Å². The predicted molar refractivity (Wildman–Crippen MR) is 62.6 cm³/mol. The maximum atomic E-state index is 5.92. The normalized spacial score (nSPS) is 10.7. The molecule has 0 aromatic carbocycles. The van der Waals surface area contributed by atoms with Crippen molar-refractivity contribution < 1.29 is 0 Å². The molecule has 3 nitrogen and oxygen atoms in total. The van der Waals surface area contributed by atoms with E-state index in [9.17, 15) is 0 Å². The Bertz CT molecular complexity index is 307. The summed E-state index contributed by atoms with van der Waals surface area (Å²) < 4.78 is 0. The van der Waals surface area contributed by atoms with Crippen LogP contribution in [0.3, 0.4) is 0 Å². The number of nitrogens with zero attached hydrogens (tertiary/aromatic N) is 2. The highest BCUT2D eigenvalue weighted by molar-refractivity contribution is 7.98. The Morgan fingerprint density at radius 1 is 1.21 bits per heavy atom. The Hall–Kier alpha value is -0.190. The molecule has 1 aromatic rings. The van der Waals surface area contributed by atoms with E-state index in [2.05, 4.69) is 15.3 Å². The maximum absolute atomic E-state index is 5.92. The molecule has 0 radical (unpaired) electrons. The van der Waals surface area contributed by atoms with Crippen molar-refractivity contribution in [3.63, 3.8) is 0 Å². The van der Waals surface area contributed by atoms with E-state index in [1.165, 1.54) is 11.8 Å². The zero-order valence-corrected chi connectivity index (χ0v) is 10.5. The van der Waals surface area contributed by atoms with Crippen LogP contribution in [0, 0.1) is 0 Å². The number of thioether (sulfide) groups is 1. The van der Waals surface area contributed by atoms with Crippen molar-refractivity contribution in [2.75, 3.05) is 11.6 Å². The lowest BCUT2D eigenvalue weighted by atomic mass is 10.4. The second kappa shape index (κ2) is 5.05. The Morgan fingerprint density at radius 3 is 2.07 bits per heavy atom. The van der Waals surface area contributed by atoms with Gasteiger partial charge in [0.05, 0.1) is 4.90 Å². The first-order chi connectivity index (χ1) is 6.54. The van der Waals surface area contributed by atoms with E-state index in [0.717, 1.165) is 0 Å². The van der Waals surface area contributed by atoms with Crippen LogP contribution in [0.1, 0.15) is 13.8 Å². The molecule has 78 valence electrons. The molecule has 0 unspecified atom stereocenters. The van der Waals surface area contributed by atoms with E-state index in [4.69, 9.17) is 23.2 Å². The van der Waals surface area contributed by atoms with Gasteiger partial charge in [0.1, 0.15) is 10.3 Å². The molecule has 0 amide bonds. The second-order valence-electron chi connectivity index (χ2n) is 2.96. The molecule has 0 aliphatic carbocycles. The third-order valence-electron chi connectivity index (χ3n) is 1.40. The standard InChI is InChI=1S/C8H11Cl2N3S/c1-4(2)11-8-12-6(9)5(14-3)7(10)13-8/h4H,1-3H3,(H,11,12,13). The van der Waals surface area contributed by atoms with Crippen LogP contribution < -0.4 is 5.32 Å². The molecule has 14 heavy (non-hydrogen) atoms. The van der Waals surface area contributed by atoms with E-state index in [1.54, 1.807) is 0 Å². The van der Waals surface area contributed by atoms with Gasteiger partial charge in [0.15, 0.2) is 0 Å². The average Bonchev–Trinajstić information content (AvgIpc) is 2.01. The quantitative estimate of drug-likeness (QED) is 0.661. The van der Waals surface area contributed by atoms with Crippen LogP contribution in [0.25, 0.3) is 0 Å². The lowest BCUT2D eigenvalue weighted by Gasteiger charge is -2.10. The second-order valence-corrected chi connectivity index (χ2v) is 4.49. The van der Waals surface area contributed by atoms with E-state index in [1.807, 2.05) is 20.1 Å². The molecule has 1 heterocycles. The molecule has 0 saturated heterocycles. The molecular weight excluding hydrogens is 241 g/mol. The first-order valence-corrected chi connectivity index (χ1v) is 6.06. The minimum absolute atomic E-state index is 0.252. The molecule has 0 spiro atoms. The Labute approximate surface area is 97.6 Å². The minimum Gasteiger partial charge on any atom is -0.352 e. The summed E-state index contributed by atoms with van der Waals surface area (Å²) >= 11 is 13.3.